The number of morpholine rings is 1. The van der Waals surface area contributed by atoms with Gasteiger partial charge in [0.1, 0.15) is 0 Å². The summed E-state index contributed by atoms with van der Waals surface area (Å²) in [5, 5.41) is 6.86. The van der Waals surface area contributed by atoms with E-state index in [2.05, 4.69) is 34.4 Å². The molecule has 6 nitrogen and oxygen atoms in total. The first-order valence-electron chi connectivity index (χ1n) is 10.0. The van der Waals surface area contributed by atoms with Crippen molar-refractivity contribution in [3.8, 4) is 0 Å². The fourth-order valence-electron chi connectivity index (χ4n) is 3.56. The second-order valence-electron chi connectivity index (χ2n) is 7.75. The Labute approximate surface area is 153 Å². The summed E-state index contributed by atoms with van der Waals surface area (Å²) in [6, 6.07) is 0. The van der Waals surface area contributed by atoms with Gasteiger partial charge in [-0.15, -0.1) is 0 Å². The van der Waals surface area contributed by atoms with E-state index in [1.54, 1.807) is 0 Å². The van der Waals surface area contributed by atoms with E-state index in [9.17, 15) is 0 Å². The molecule has 1 heterocycles. The zero-order valence-electron chi connectivity index (χ0n) is 16.5. The summed E-state index contributed by atoms with van der Waals surface area (Å²) >= 11 is 0. The van der Waals surface area contributed by atoms with Crippen LogP contribution in [0.2, 0.25) is 0 Å². The molecule has 1 aliphatic heterocycles. The second kappa shape index (κ2) is 11.0. The van der Waals surface area contributed by atoms with Crippen molar-refractivity contribution in [2.45, 2.75) is 64.0 Å². The summed E-state index contributed by atoms with van der Waals surface area (Å²) in [4.78, 5) is 6.82. The maximum absolute atomic E-state index is 5.97. The molecule has 1 saturated carbocycles. The second-order valence-corrected chi connectivity index (χ2v) is 7.75. The molecule has 0 aromatic rings. The molecular formula is C19H38N4O2. The summed E-state index contributed by atoms with van der Waals surface area (Å²) in [5.41, 5.74) is 0.0888. The van der Waals surface area contributed by atoms with Gasteiger partial charge in [0.05, 0.1) is 19.3 Å². The highest BCUT2D eigenvalue weighted by atomic mass is 16.5. The monoisotopic (exact) mass is 354 g/mol. The molecule has 0 amide bonds. The van der Waals surface area contributed by atoms with Crippen molar-refractivity contribution in [1.82, 2.24) is 15.5 Å². The Morgan fingerprint density at radius 1 is 1.16 bits per heavy atom. The number of nitrogens with zero attached hydrogens (tertiary/aromatic N) is 2. The van der Waals surface area contributed by atoms with Gasteiger partial charge in [-0.1, -0.05) is 19.3 Å². The largest absolute Gasteiger partial charge is 0.379 e. The third-order valence-corrected chi connectivity index (χ3v) is 5.30. The van der Waals surface area contributed by atoms with E-state index in [1.807, 2.05) is 7.05 Å². The number of aliphatic imine (C=N–C) groups is 1. The molecule has 0 unspecified atom stereocenters. The van der Waals surface area contributed by atoms with Crippen molar-refractivity contribution in [1.29, 1.82) is 0 Å². The predicted molar refractivity (Wildman–Crippen MR) is 103 cm³/mol. The van der Waals surface area contributed by atoms with Crippen LogP contribution in [0.25, 0.3) is 0 Å². The molecule has 2 rings (SSSR count). The Morgan fingerprint density at radius 2 is 1.88 bits per heavy atom. The molecule has 1 aliphatic carbocycles. The Hall–Kier alpha value is -0.850. The van der Waals surface area contributed by atoms with Gasteiger partial charge >= 0.3 is 0 Å². The fourth-order valence-corrected chi connectivity index (χ4v) is 3.56. The van der Waals surface area contributed by atoms with Crippen molar-refractivity contribution in [3.05, 3.63) is 0 Å². The van der Waals surface area contributed by atoms with Gasteiger partial charge in [-0.2, -0.15) is 0 Å². The highest BCUT2D eigenvalue weighted by Gasteiger charge is 2.28. The average Bonchev–Trinajstić information content (AvgIpc) is 2.65. The smallest absolute Gasteiger partial charge is 0.191 e. The number of guanidine groups is 1. The van der Waals surface area contributed by atoms with Gasteiger partial charge in [0, 0.05) is 45.4 Å². The summed E-state index contributed by atoms with van der Waals surface area (Å²) < 4.78 is 11.4. The van der Waals surface area contributed by atoms with E-state index in [0.29, 0.717) is 6.10 Å². The highest BCUT2D eigenvalue weighted by molar-refractivity contribution is 5.79. The van der Waals surface area contributed by atoms with Crippen LogP contribution in [0.3, 0.4) is 0 Å². The van der Waals surface area contributed by atoms with Crippen LogP contribution in [0.4, 0.5) is 0 Å². The molecule has 2 aliphatic rings. The third-order valence-electron chi connectivity index (χ3n) is 5.30. The normalized spacial score (nSPS) is 21.3. The van der Waals surface area contributed by atoms with Crippen molar-refractivity contribution in [3.63, 3.8) is 0 Å². The Bertz CT molecular complexity index is 389. The van der Waals surface area contributed by atoms with E-state index in [1.165, 1.54) is 32.1 Å². The number of hydrogen-bond acceptors (Lipinski definition) is 4. The van der Waals surface area contributed by atoms with E-state index < -0.39 is 0 Å². The molecule has 6 heteroatoms. The molecule has 0 radical (unpaired) electrons. The van der Waals surface area contributed by atoms with E-state index >= 15 is 0 Å². The summed E-state index contributed by atoms with van der Waals surface area (Å²) in [5.74, 6) is 0.874. The van der Waals surface area contributed by atoms with Gasteiger partial charge in [-0.25, -0.2) is 0 Å². The quantitative estimate of drug-likeness (QED) is 0.397. The van der Waals surface area contributed by atoms with Crippen LogP contribution in [-0.2, 0) is 9.47 Å². The van der Waals surface area contributed by atoms with Crippen molar-refractivity contribution in [2.24, 2.45) is 4.99 Å². The molecule has 0 aromatic heterocycles. The van der Waals surface area contributed by atoms with Crippen LogP contribution >= 0.6 is 0 Å². The lowest BCUT2D eigenvalue weighted by molar-refractivity contribution is -0.00834. The number of ether oxygens (including phenoxy) is 2. The molecule has 2 fully saturated rings. The summed E-state index contributed by atoms with van der Waals surface area (Å²) in [6.45, 7) is 10.8. The maximum Gasteiger partial charge on any atom is 0.191 e. The third kappa shape index (κ3) is 7.50. The van der Waals surface area contributed by atoms with Crippen LogP contribution in [-0.4, -0.2) is 75.5 Å². The zero-order valence-corrected chi connectivity index (χ0v) is 16.5. The highest BCUT2D eigenvalue weighted by Crippen LogP contribution is 2.20. The van der Waals surface area contributed by atoms with E-state index in [4.69, 9.17) is 9.47 Å². The number of nitrogens with one attached hydrogen (secondary N) is 2. The molecule has 2 N–H and O–H groups in total. The Morgan fingerprint density at radius 3 is 2.56 bits per heavy atom. The minimum Gasteiger partial charge on any atom is -0.379 e. The summed E-state index contributed by atoms with van der Waals surface area (Å²) in [6.07, 6.45) is 8.05. The predicted octanol–water partition coefficient (Wildman–Crippen LogP) is 2.00. The molecule has 25 heavy (non-hydrogen) atoms. The van der Waals surface area contributed by atoms with Crippen molar-refractivity contribution in [2.75, 3.05) is 53.0 Å². The van der Waals surface area contributed by atoms with E-state index in [0.717, 1.165) is 58.4 Å². The van der Waals surface area contributed by atoms with Crippen LogP contribution in [0.5, 0.6) is 0 Å². The van der Waals surface area contributed by atoms with E-state index in [-0.39, 0.29) is 5.54 Å². The SMILES string of the molecule is CN=C(NCCCOC1CCCCC1)NCC(C)(C)N1CCOCC1. The molecule has 0 spiro atoms. The van der Waals surface area contributed by atoms with Crippen LogP contribution in [0.15, 0.2) is 4.99 Å². The number of hydrogen-bond donors (Lipinski definition) is 2. The first-order valence-corrected chi connectivity index (χ1v) is 10.0. The van der Waals surface area contributed by atoms with Gasteiger partial charge in [-0.05, 0) is 33.1 Å². The maximum atomic E-state index is 5.97. The van der Waals surface area contributed by atoms with Gasteiger partial charge < -0.3 is 20.1 Å². The molecule has 0 bridgehead atoms. The van der Waals surface area contributed by atoms with Crippen LogP contribution in [0.1, 0.15) is 52.4 Å². The average molecular weight is 355 g/mol. The van der Waals surface area contributed by atoms with Gasteiger partial charge in [0.2, 0.25) is 0 Å². The van der Waals surface area contributed by atoms with Crippen molar-refractivity contribution < 1.29 is 9.47 Å². The van der Waals surface area contributed by atoms with Crippen molar-refractivity contribution >= 4 is 5.96 Å². The lowest BCUT2D eigenvalue weighted by Crippen LogP contribution is -2.56. The molecule has 146 valence electrons. The van der Waals surface area contributed by atoms with Gasteiger partial charge in [-0.3, -0.25) is 9.89 Å². The zero-order chi connectivity index (χ0) is 18.0. The standard InChI is InChI=1S/C19H38N4O2/c1-19(2,23-11-14-24-15-12-23)16-22-18(20-3)21-10-7-13-25-17-8-5-4-6-9-17/h17H,4-16H2,1-3H3,(H2,20,21,22). The van der Waals surface area contributed by atoms with Gasteiger partial charge in [0.15, 0.2) is 5.96 Å². The molecule has 0 aromatic carbocycles. The minimum atomic E-state index is 0.0888. The van der Waals surface area contributed by atoms with Crippen LogP contribution in [0, 0.1) is 0 Å². The summed E-state index contributed by atoms with van der Waals surface area (Å²) in [7, 11) is 1.83. The molecule has 1 saturated heterocycles. The molecular weight excluding hydrogens is 316 g/mol. The molecule has 0 atom stereocenters. The van der Waals surface area contributed by atoms with Crippen LogP contribution < -0.4 is 10.6 Å². The number of rotatable bonds is 8. The minimum absolute atomic E-state index is 0.0888. The first-order chi connectivity index (χ1) is 12.1. The first kappa shape index (κ1) is 20.5. The lowest BCUT2D eigenvalue weighted by Gasteiger charge is -2.41. The van der Waals surface area contributed by atoms with Gasteiger partial charge in [0.25, 0.3) is 0 Å². The topological polar surface area (TPSA) is 58.1 Å². The Kier molecular flexibility index (Phi) is 8.99. The fraction of sp³-hybridized carbons (Fsp3) is 0.947. The lowest BCUT2D eigenvalue weighted by atomic mass is 9.98. The Balaban J connectivity index is 1.58.